The van der Waals surface area contributed by atoms with Crippen molar-refractivity contribution in [2.45, 2.75) is 43.7 Å². The molecule has 0 bridgehead atoms. The van der Waals surface area contributed by atoms with E-state index in [-0.39, 0.29) is 17.9 Å². The molecule has 1 aliphatic heterocycles. The van der Waals surface area contributed by atoms with Crippen molar-refractivity contribution in [3.05, 3.63) is 53.6 Å². The Morgan fingerprint density at radius 1 is 1.00 bits per heavy atom. The molecular weight excluding hydrogens is 394 g/mol. The quantitative estimate of drug-likeness (QED) is 0.777. The van der Waals surface area contributed by atoms with Gasteiger partial charge in [0.1, 0.15) is 17.2 Å². The zero-order chi connectivity index (χ0) is 22.0. The SMILES string of the molecule is COc1ccc([C@H]2[C@@H]3CCCC[C@@]3(O)CCN2C(=O)c2ccccc2OC)c(OC)c1. The highest BCUT2D eigenvalue weighted by Crippen LogP contribution is 2.51. The van der Waals surface area contributed by atoms with Crippen LogP contribution in [0.3, 0.4) is 0 Å². The van der Waals surface area contributed by atoms with Crippen molar-refractivity contribution in [1.82, 2.24) is 4.90 Å². The van der Waals surface area contributed by atoms with E-state index in [1.807, 2.05) is 35.2 Å². The zero-order valence-electron chi connectivity index (χ0n) is 18.5. The van der Waals surface area contributed by atoms with Gasteiger partial charge in [-0.2, -0.15) is 0 Å². The van der Waals surface area contributed by atoms with Crippen molar-refractivity contribution in [3.63, 3.8) is 0 Å². The van der Waals surface area contributed by atoms with Gasteiger partial charge in [0.25, 0.3) is 5.91 Å². The monoisotopic (exact) mass is 425 g/mol. The number of likely N-dealkylation sites (tertiary alicyclic amines) is 1. The highest BCUT2D eigenvalue weighted by atomic mass is 16.5. The number of rotatable bonds is 5. The van der Waals surface area contributed by atoms with Gasteiger partial charge in [-0.1, -0.05) is 25.0 Å². The highest BCUT2D eigenvalue weighted by Gasteiger charge is 2.51. The summed E-state index contributed by atoms with van der Waals surface area (Å²) < 4.78 is 16.5. The molecule has 6 nitrogen and oxygen atoms in total. The molecule has 3 atom stereocenters. The van der Waals surface area contributed by atoms with Crippen molar-refractivity contribution in [2.75, 3.05) is 27.9 Å². The number of fused-ring (bicyclic) bond motifs is 1. The van der Waals surface area contributed by atoms with E-state index in [0.717, 1.165) is 31.2 Å². The number of carbonyl (C=O) groups is 1. The van der Waals surface area contributed by atoms with Gasteiger partial charge < -0.3 is 24.2 Å². The number of piperidine rings is 1. The number of methoxy groups -OCH3 is 3. The zero-order valence-corrected chi connectivity index (χ0v) is 18.5. The van der Waals surface area contributed by atoms with Crippen LogP contribution in [0, 0.1) is 5.92 Å². The van der Waals surface area contributed by atoms with Gasteiger partial charge in [0, 0.05) is 24.1 Å². The Morgan fingerprint density at radius 2 is 1.77 bits per heavy atom. The lowest BCUT2D eigenvalue weighted by atomic mass is 9.66. The third-order valence-electron chi connectivity index (χ3n) is 6.93. The third kappa shape index (κ3) is 3.85. The van der Waals surface area contributed by atoms with Crippen LogP contribution in [-0.2, 0) is 0 Å². The molecule has 0 unspecified atom stereocenters. The molecule has 1 saturated heterocycles. The Balaban J connectivity index is 1.82. The van der Waals surface area contributed by atoms with Crippen LogP contribution in [0.1, 0.15) is 54.1 Å². The van der Waals surface area contributed by atoms with Gasteiger partial charge in [0.2, 0.25) is 0 Å². The number of benzene rings is 2. The number of amides is 1. The molecule has 31 heavy (non-hydrogen) atoms. The third-order valence-corrected chi connectivity index (χ3v) is 6.93. The number of carbonyl (C=O) groups excluding carboxylic acids is 1. The van der Waals surface area contributed by atoms with Crippen molar-refractivity contribution in [2.24, 2.45) is 5.92 Å². The van der Waals surface area contributed by atoms with E-state index in [1.54, 1.807) is 33.5 Å². The molecule has 2 aliphatic rings. The molecule has 1 N–H and O–H groups in total. The minimum Gasteiger partial charge on any atom is -0.497 e. The van der Waals surface area contributed by atoms with E-state index in [9.17, 15) is 9.90 Å². The van der Waals surface area contributed by atoms with Crippen LogP contribution in [0.15, 0.2) is 42.5 Å². The minimum absolute atomic E-state index is 0.0593. The molecule has 1 amide bonds. The summed E-state index contributed by atoms with van der Waals surface area (Å²) in [5.74, 6) is 1.76. The predicted molar refractivity (Wildman–Crippen MR) is 118 cm³/mol. The van der Waals surface area contributed by atoms with Crippen molar-refractivity contribution in [1.29, 1.82) is 0 Å². The lowest BCUT2D eigenvalue weighted by Crippen LogP contribution is -2.56. The van der Waals surface area contributed by atoms with Crippen LogP contribution >= 0.6 is 0 Å². The van der Waals surface area contributed by atoms with Crippen LogP contribution in [0.2, 0.25) is 0 Å². The highest BCUT2D eigenvalue weighted by molar-refractivity contribution is 5.97. The van der Waals surface area contributed by atoms with E-state index in [2.05, 4.69) is 0 Å². The molecule has 4 rings (SSSR count). The molecule has 1 saturated carbocycles. The van der Waals surface area contributed by atoms with Gasteiger partial charge in [0.05, 0.1) is 38.5 Å². The number of para-hydroxylation sites is 1. The van der Waals surface area contributed by atoms with E-state index in [0.29, 0.717) is 35.8 Å². The average Bonchev–Trinajstić information content (AvgIpc) is 2.82. The topological polar surface area (TPSA) is 68.2 Å². The van der Waals surface area contributed by atoms with E-state index >= 15 is 0 Å². The maximum atomic E-state index is 13.8. The van der Waals surface area contributed by atoms with Crippen LogP contribution in [0.4, 0.5) is 0 Å². The summed E-state index contributed by atoms with van der Waals surface area (Å²) >= 11 is 0. The Bertz CT molecular complexity index is 945. The Morgan fingerprint density at radius 3 is 2.52 bits per heavy atom. The summed E-state index contributed by atoms with van der Waals surface area (Å²) in [4.78, 5) is 15.7. The van der Waals surface area contributed by atoms with Gasteiger partial charge in [-0.3, -0.25) is 4.79 Å². The second-order valence-corrected chi connectivity index (χ2v) is 8.46. The minimum atomic E-state index is -0.772. The maximum absolute atomic E-state index is 13.8. The number of nitrogens with zero attached hydrogens (tertiary/aromatic N) is 1. The number of ether oxygens (including phenoxy) is 3. The molecule has 166 valence electrons. The van der Waals surface area contributed by atoms with E-state index < -0.39 is 5.60 Å². The smallest absolute Gasteiger partial charge is 0.258 e. The van der Waals surface area contributed by atoms with Crippen molar-refractivity contribution in [3.8, 4) is 17.2 Å². The summed E-state index contributed by atoms with van der Waals surface area (Å²) in [6, 6.07) is 12.7. The summed E-state index contributed by atoms with van der Waals surface area (Å²) in [5, 5.41) is 11.5. The molecule has 2 fully saturated rings. The Kier molecular flexibility index (Phi) is 6.10. The average molecular weight is 426 g/mol. The molecule has 1 aliphatic carbocycles. The van der Waals surface area contributed by atoms with Crippen LogP contribution < -0.4 is 14.2 Å². The molecule has 2 aromatic rings. The molecular formula is C25H31NO5. The van der Waals surface area contributed by atoms with Gasteiger partial charge in [0.15, 0.2) is 0 Å². The first kappa shape index (κ1) is 21.5. The van der Waals surface area contributed by atoms with Crippen molar-refractivity contribution < 1.29 is 24.1 Å². The molecule has 0 spiro atoms. The second kappa shape index (κ2) is 8.79. The lowest BCUT2D eigenvalue weighted by Gasteiger charge is -2.52. The Labute approximate surface area is 183 Å². The van der Waals surface area contributed by atoms with Gasteiger partial charge >= 0.3 is 0 Å². The number of hydrogen-bond acceptors (Lipinski definition) is 5. The van der Waals surface area contributed by atoms with Gasteiger partial charge in [-0.15, -0.1) is 0 Å². The second-order valence-electron chi connectivity index (χ2n) is 8.46. The maximum Gasteiger partial charge on any atom is 0.258 e. The van der Waals surface area contributed by atoms with E-state index in [4.69, 9.17) is 14.2 Å². The number of hydrogen-bond donors (Lipinski definition) is 1. The summed E-state index contributed by atoms with van der Waals surface area (Å²) in [6.07, 6.45) is 4.27. The van der Waals surface area contributed by atoms with Crippen molar-refractivity contribution >= 4 is 5.91 Å². The lowest BCUT2D eigenvalue weighted by molar-refractivity contribution is -0.115. The number of aliphatic hydroxyl groups is 1. The molecule has 6 heteroatoms. The summed E-state index contributed by atoms with van der Waals surface area (Å²) in [5.41, 5.74) is 0.658. The summed E-state index contributed by atoms with van der Waals surface area (Å²) in [7, 11) is 4.82. The normalized spacial score (nSPS) is 25.5. The summed E-state index contributed by atoms with van der Waals surface area (Å²) in [6.45, 7) is 0.476. The standard InChI is InChI=1S/C25H31NO5/c1-29-17-11-12-18(22(16-17)31-3)23-20-9-6-7-13-25(20,28)14-15-26(23)24(27)19-8-4-5-10-21(19)30-2/h4-5,8,10-12,16,20,23,28H,6-7,9,13-15H2,1-3H3/t20-,23-,25+/m0/s1. The molecule has 2 aromatic carbocycles. The Hall–Kier alpha value is -2.73. The first-order valence-electron chi connectivity index (χ1n) is 10.9. The first-order valence-corrected chi connectivity index (χ1v) is 10.9. The molecule has 0 aromatic heterocycles. The van der Waals surface area contributed by atoms with Crippen LogP contribution in [-0.4, -0.2) is 49.4 Å². The fourth-order valence-corrected chi connectivity index (χ4v) is 5.33. The van der Waals surface area contributed by atoms with Crippen LogP contribution in [0.25, 0.3) is 0 Å². The fourth-order valence-electron chi connectivity index (χ4n) is 5.33. The first-order chi connectivity index (χ1) is 15.0. The predicted octanol–water partition coefficient (Wildman–Crippen LogP) is 4.22. The van der Waals surface area contributed by atoms with E-state index in [1.165, 1.54) is 0 Å². The van der Waals surface area contributed by atoms with Gasteiger partial charge in [-0.25, -0.2) is 0 Å². The van der Waals surface area contributed by atoms with Crippen LogP contribution in [0.5, 0.6) is 17.2 Å². The molecule has 1 heterocycles. The fraction of sp³-hybridized carbons (Fsp3) is 0.480. The molecule has 0 radical (unpaired) electrons. The largest absolute Gasteiger partial charge is 0.497 e. The van der Waals surface area contributed by atoms with Gasteiger partial charge in [-0.05, 0) is 43.5 Å².